The summed E-state index contributed by atoms with van der Waals surface area (Å²) in [5, 5.41) is 9.50. The van der Waals surface area contributed by atoms with E-state index in [1.807, 2.05) is 66.7 Å². The normalized spacial score (nSPS) is 12.0. The van der Waals surface area contributed by atoms with E-state index in [9.17, 15) is 9.90 Å². The number of carboxylic acids is 1. The Kier molecular flexibility index (Phi) is 6.18. The molecule has 0 aromatic heterocycles. The van der Waals surface area contributed by atoms with E-state index in [1.165, 1.54) is 11.1 Å². The summed E-state index contributed by atoms with van der Waals surface area (Å²) >= 11 is 0. The molecule has 1 N–H and O–H groups in total. The van der Waals surface area contributed by atoms with Crippen molar-refractivity contribution in [3.05, 3.63) is 108 Å². The maximum absolute atomic E-state index is 11.6. The van der Waals surface area contributed by atoms with Crippen LogP contribution in [0.2, 0.25) is 0 Å². The third-order valence-corrected chi connectivity index (χ3v) is 4.45. The smallest absolute Gasteiger partial charge is 0.305 e. The maximum atomic E-state index is 11.6. The second-order valence-corrected chi connectivity index (χ2v) is 6.40. The molecule has 0 bridgehead atoms. The zero-order chi connectivity index (χ0) is 18.2. The van der Waals surface area contributed by atoms with Gasteiger partial charge in [-0.3, -0.25) is 9.69 Å². The van der Waals surface area contributed by atoms with Crippen molar-refractivity contribution in [2.75, 3.05) is 0 Å². The molecule has 0 aliphatic carbocycles. The number of rotatable bonds is 8. The minimum atomic E-state index is -0.787. The number of hydrogen-bond acceptors (Lipinski definition) is 2. The molecule has 0 fully saturated rings. The van der Waals surface area contributed by atoms with Crippen molar-refractivity contribution in [1.29, 1.82) is 0 Å². The predicted octanol–water partition coefficient (Wildman–Crippen LogP) is 4.90. The highest BCUT2D eigenvalue weighted by molar-refractivity contribution is 5.68. The van der Waals surface area contributed by atoms with Gasteiger partial charge in [0, 0.05) is 19.1 Å². The highest BCUT2D eigenvalue weighted by Crippen LogP contribution is 2.28. The quantitative estimate of drug-likeness (QED) is 0.631. The van der Waals surface area contributed by atoms with Gasteiger partial charge in [0.1, 0.15) is 0 Å². The Morgan fingerprint density at radius 1 is 0.731 bits per heavy atom. The molecular formula is C23H23NO2. The Morgan fingerprint density at radius 3 is 1.58 bits per heavy atom. The fourth-order valence-corrected chi connectivity index (χ4v) is 3.21. The maximum Gasteiger partial charge on any atom is 0.305 e. The molecular weight excluding hydrogens is 322 g/mol. The topological polar surface area (TPSA) is 40.5 Å². The van der Waals surface area contributed by atoms with E-state index < -0.39 is 5.97 Å². The molecule has 3 rings (SSSR count). The lowest BCUT2D eigenvalue weighted by atomic mass is 10.00. The molecule has 0 heterocycles. The summed E-state index contributed by atoms with van der Waals surface area (Å²) in [5.41, 5.74) is 3.38. The molecule has 1 atom stereocenters. The zero-order valence-electron chi connectivity index (χ0n) is 14.7. The monoisotopic (exact) mass is 345 g/mol. The van der Waals surface area contributed by atoms with Crippen LogP contribution in [0, 0.1) is 0 Å². The summed E-state index contributed by atoms with van der Waals surface area (Å²) in [6.07, 6.45) is 0.0731. The number of benzene rings is 3. The van der Waals surface area contributed by atoms with Gasteiger partial charge < -0.3 is 5.11 Å². The summed E-state index contributed by atoms with van der Waals surface area (Å²) in [6.45, 7) is 1.39. The SMILES string of the molecule is O=C(O)CC(c1ccccc1)N(Cc1ccccc1)Cc1ccccc1. The first-order valence-corrected chi connectivity index (χ1v) is 8.81. The third kappa shape index (κ3) is 5.04. The number of carboxylic acid groups (broad SMARTS) is 1. The van der Waals surface area contributed by atoms with E-state index >= 15 is 0 Å². The molecule has 3 nitrogen and oxygen atoms in total. The van der Waals surface area contributed by atoms with Crippen molar-refractivity contribution in [3.8, 4) is 0 Å². The molecule has 0 aliphatic rings. The summed E-state index contributed by atoms with van der Waals surface area (Å²) in [7, 11) is 0. The molecule has 26 heavy (non-hydrogen) atoms. The number of nitrogens with zero attached hydrogens (tertiary/aromatic N) is 1. The van der Waals surface area contributed by atoms with E-state index in [0.29, 0.717) is 13.1 Å². The van der Waals surface area contributed by atoms with Gasteiger partial charge in [-0.15, -0.1) is 0 Å². The van der Waals surface area contributed by atoms with Crippen LogP contribution in [0.3, 0.4) is 0 Å². The second kappa shape index (κ2) is 8.97. The van der Waals surface area contributed by atoms with Crippen LogP contribution in [0.15, 0.2) is 91.0 Å². The van der Waals surface area contributed by atoms with Gasteiger partial charge in [-0.25, -0.2) is 0 Å². The van der Waals surface area contributed by atoms with Crippen LogP contribution in [0.5, 0.6) is 0 Å². The van der Waals surface area contributed by atoms with E-state index in [4.69, 9.17) is 0 Å². The third-order valence-electron chi connectivity index (χ3n) is 4.45. The van der Waals surface area contributed by atoms with Crippen LogP contribution in [-0.2, 0) is 17.9 Å². The predicted molar refractivity (Wildman–Crippen MR) is 104 cm³/mol. The van der Waals surface area contributed by atoms with Gasteiger partial charge in [-0.05, 0) is 16.7 Å². The highest BCUT2D eigenvalue weighted by atomic mass is 16.4. The van der Waals surface area contributed by atoms with Crippen molar-refractivity contribution >= 4 is 5.97 Å². The van der Waals surface area contributed by atoms with Crippen LogP contribution in [0.25, 0.3) is 0 Å². The van der Waals surface area contributed by atoms with Crippen LogP contribution < -0.4 is 0 Å². The van der Waals surface area contributed by atoms with Crippen molar-refractivity contribution < 1.29 is 9.90 Å². The average molecular weight is 345 g/mol. The van der Waals surface area contributed by atoms with Crippen LogP contribution in [-0.4, -0.2) is 16.0 Å². The van der Waals surface area contributed by atoms with Gasteiger partial charge in [0.15, 0.2) is 0 Å². The first kappa shape index (κ1) is 17.9. The average Bonchev–Trinajstić information content (AvgIpc) is 2.68. The summed E-state index contributed by atoms with van der Waals surface area (Å²) in [4.78, 5) is 13.8. The van der Waals surface area contributed by atoms with Gasteiger partial charge >= 0.3 is 5.97 Å². The lowest BCUT2D eigenvalue weighted by molar-refractivity contribution is -0.138. The standard InChI is InChI=1S/C23H23NO2/c25-23(26)16-22(21-14-8-3-9-15-21)24(17-19-10-4-1-5-11-19)18-20-12-6-2-7-13-20/h1-15,22H,16-18H2,(H,25,26). The number of aliphatic carboxylic acids is 1. The highest BCUT2D eigenvalue weighted by Gasteiger charge is 2.23. The lowest BCUT2D eigenvalue weighted by Crippen LogP contribution is -2.30. The molecule has 1 unspecified atom stereocenters. The fourth-order valence-electron chi connectivity index (χ4n) is 3.21. The Bertz CT molecular complexity index is 762. The number of carbonyl (C=O) groups is 1. The first-order chi connectivity index (χ1) is 12.7. The molecule has 3 aromatic carbocycles. The summed E-state index contributed by atoms with van der Waals surface area (Å²) < 4.78 is 0. The lowest BCUT2D eigenvalue weighted by Gasteiger charge is -2.31. The molecule has 132 valence electrons. The van der Waals surface area contributed by atoms with E-state index in [-0.39, 0.29) is 12.5 Å². The molecule has 3 aromatic rings. The Labute approximate surface area is 154 Å². The zero-order valence-corrected chi connectivity index (χ0v) is 14.7. The molecule has 0 spiro atoms. The van der Waals surface area contributed by atoms with E-state index in [2.05, 4.69) is 29.2 Å². The first-order valence-electron chi connectivity index (χ1n) is 8.81. The molecule has 0 saturated heterocycles. The minimum absolute atomic E-state index is 0.0731. The van der Waals surface area contributed by atoms with Crippen molar-refractivity contribution in [3.63, 3.8) is 0 Å². The molecule has 0 radical (unpaired) electrons. The van der Waals surface area contributed by atoms with Gasteiger partial charge in [-0.1, -0.05) is 91.0 Å². The molecule has 3 heteroatoms. The minimum Gasteiger partial charge on any atom is -0.481 e. The van der Waals surface area contributed by atoms with Crippen molar-refractivity contribution in [2.24, 2.45) is 0 Å². The van der Waals surface area contributed by atoms with Crippen LogP contribution in [0.4, 0.5) is 0 Å². The number of hydrogen-bond donors (Lipinski definition) is 1. The van der Waals surface area contributed by atoms with E-state index in [0.717, 1.165) is 5.56 Å². The Morgan fingerprint density at radius 2 is 1.15 bits per heavy atom. The second-order valence-electron chi connectivity index (χ2n) is 6.40. The molecule has 0 aliphatic heterocycles. The van der Waals surface area contributed by atoms with Crippen LogP contribution in [0.1, 0.15) is 29.2 Å². The largest absolute Gasteiger partial charge is 0.481 e. The van der Waals surface area contributed by atoms with Gasteiger partial charge in [0.2, 0.25) is 0 Å². The van der Waals surface area contributed by atoms with Gasteiger partial charge in [-0.2, -0.15) is 0 Å². The summed E-state index contributed by atoms with van der Waals surface area (Å²) in [5.74, 6) is -0.787. The Balaban J connectivity index is 1.93. The van der Waals surface area contributed by atoms with Crippen molar-refractivity contribution in [2.45, 2.75) is 25.6 Å². The van der Waals surface area contributed by atoms with Gasteiger partial charge in [0.05, 0.1) is 6.42 Å². The Hall–Kier alpha value is -2.91. The summed E-state index contributed by atoms with van der Waals surface area (Å²) in [6, 6.07) is 30.1. The fraction of sp³-hybridized carbons (Fsp3) is 0.174. The molecule has 0 saturated carbocycles. The van der Waals surface area contributed by atoms with E-state index in [1.54, 1.807) is 0 Å². The van der Waals surface area contributed by atoms with Crippen LogP contribution >= 0.6 is 0 Å². The van der Waals surface area contributed by atoms with Crippen molar-refractivity contribution in [1.82, 2.24) is 4.90 Å². The van der Waals surface area contributed by atoms with Gasteiger partial charge in [0.25, 0.3) is 0 Å². The molecule has 0 amide bonds.